The number of carbonyl (C=O) groups is 1. The molecule has 138 valence electrons. The fourth-order valence-electron chi connectivity index (χ4n) is 2.83. The predicted molar refractivity (Wildman–Crippen MR) is 97.7 cm³/mol. The van der Waals surface area contributed by atoms with Crippen LogP contribution in [0.2, 0.25) is 0 Å². The van der Waals surface area contributed by atoms with E-state index in [1.165, 1.54) is 12.1 Å². The number of fused-ring (bicyclic) bond motifs is 1. The van der Waals surface area contributed by atoms with Crippen LogP contribution < -0.4 is 5.32 Å². The quantitative estimate of drug-likeness (QED) is 0.647. The summed E-state index contributed by atoms with van der Waals surface area (Å²) in [5.74, 6) is -0.167. The smallest absolute Gasteiger partial charge is 0.351 e. The summed E-state index contributed by atoms with van der Waals surface area (Å²) in [6, 6.07) is 8.92. The van der Waals surface area contributed by atoms with Crippen molar-refractivity contribution in [1.29, 1.82) is 0 Å². The van der Waals surface area contributed by atoms with Crippen LogP contribution in [0.4, 0.5) is 13.2 Å². The van der Waals surface area contributed by atoms with Crippen molar-refractivity contribution < 1.29 is 18.0 Å². The molecule has 2 aromatic heterocycles. The molecule has 0 atom stereocenters. The van der Waals surface area contributed by atoms with Gasteiger partial charge in [-0.2, -0.15) is 13.2 Å². The van der Waals surface area contributed by atoms with E-state index in [1.807, 2.05) is 30.5 Å². The number of carbonyl (C=O) groups excluding carboxylic acids is 1. The molecule has 0 aliphatic rings. The number of halogens is 3. The zero-order valence-electron chi connectivity index (χ0n) is 14.5. The Morgan fingerprint density at radius 2 is 1.88 bits per heavy atom. The standard InChI is InChI=1S/C19H19F3N2OS/c1-3-8-23-18(25)16-10-17-15(9-12(2)26-17)24(16)11-13-4-6-14(7-5-13)19(20,21)22/h4-7,9-10H,3,8,11H2,1-2H3,(H,23,25). The largest absolute Gasteiger partial charge is 0.416 e. The molecule has 3 rings (SSSR count). The zero-order valence-corrected chi connectivity index (χ0v) is 15.3. The number of aryl methyl sites for hydroxylation is 1. The molecule has 0 aliphatic heterocycles. The molecule has 1 aromatic carbocycles. The minimum Gasteiger partial charge on any atom is -0.351 e. The van der Waals surface area contributed by atoms with Gasteiger partial charge in [-0.05, 0) is 43.2 Å². The van der Waals surface area contributed by atoms with Crippen LogP contribution in [0.5, 0.6) is 0 Å². The van der Waals surface area contributed by atoms with Crippen molar-refractivity contribution in [3.63, 3.8) is 0 Å². The third-order valence-electron chi connectivity index (χ3n) is 4.10. The van der Waals surface area contributed by atoms with Gasteiger partial charge in [-0.3, -0.25) is 4.79 Å². The number of nitrogens with zero attached hydrogens (tertiary/aromatic N) is 1. The van der Waals surface area contributed by atoms with Crippen molar-refractivity contribution in [2.24, 2.45) is 0 Å². The van der Waals surface area contributed by atoms with Crippen LogP contribution >= 0.6 is 11.3 Å². The van der Waals surface area contributed by atoms with Gasteiger partial charge in [0.25, 0.3) is 5.91 Å². The number of hydrogen-bond donors (Lipinski definition) is 1. The maximum absolute atomic E-state index is 12.7. The maximum Gasteiger partial charge on any atom is 0.416 e. The number of hydrogen-bond acceptors (Lipinski definition) is 2. The van der Waals surface area contributed by atoms with Gasteiger partial charge in [-0.1, -0.05) is 19.1 Å². The van der Waals surface area contributed by atoms with Gasteiger partial charge >= 0.3 is 6.18 Å². The second-order valence-corrected chi connectivity index (χ2v) is 7.46. The molecule has 1 N–H and O–H groups in total. The summed E-state index contributed by atoms with van der Waals surface area (Å²) in [6.45, 7) is 4.89. The number of thiophene rings is 1. The molecule has 3 aromatic rings. The monoisotopic (exact) mass is 380 g/mol. The Labute approximate surface area is 153 Å². The zero-order chi connectivity index (χ0) is 18.9. The van der Waals surface area contributed by atoms with Crippen molar-refractivity contribution in [3.8, 4) is 0 Å². The Morgan fingerprint density at radius 3 is 2.50 bits per heavy atom. The summed E-state index contributed by atoms with van der Waals surface area (Å²) in [5, 5.41) is 2.87. The van der Waals surface area contributed by atoms with Gasteiger partial charge in [0.1, 0.15) is 5.69 Å². The van der Waals surface area contributed by atoms with Crippen LogP contribution in [0.15, 0.2) is 36.4 Å². The van der Waals surface area contributed by atoms with Crippen molar-refractivity contribution >= 4 is 27.5 Å². The van der Waals surface area contributed by atoms with E-state index in [2.05, 4.69) is 5.32 Å². The number of amides is 1. The van der Waals surface area contributed by atoms with E-state index in [0.717, 1.165) is 33.6 Å². The lowest BCUT2D eigenvalue weighted by Gasteiger charge is -2.12. The molecule has 0 unspecified atom stereocenters. The first-order valence-corrected chi connectivity index (χ1v) is 9.15. The van der Waals surface area contributed by atoms with E-state index in [4.69, 9.17) is 0 Å². The van der Waals surface area contributed by atoms with Crippen molar-refractivity contribution in [2.45, 2.75) is 33.0 Å². The molecule has 1 amide bonds. The van der Waals surface area contributed by atoms with Crippen molar-refractivity contribution in [2.75, 3.05) is 6.54 Å². The van der Waals surface area contributed by atoms with Crippen LogP contribution in [-0.4, -0.2) is 17.0 Å². The molecule has 0 fully saturated rings. The highest BCUT2D eigenvalue weighted by atomic mass is 32.1. The van der Waals surface area contributed by atoms with Gasteiger partial charge in [0.15, 0.2) is 0 Å². The number of rotatable bonds is 5. The average molecular weight is 380 g/mol. The fourth-order valence-corrected chi connectivity index (χ4v) is 3.80. The normalized spacial score (nSPS) is 11.9. The molecule has 7 heteroatoms. The van der Waals surface area contributed by atoms with Crippen LogP contribution in [0, 0.1) is 6.92 Å². The maximum atomic E-state index is 12.7. The fraction of sp³-hybridized carbons (Fsp3) is 0.316. The van der Waals surface area contributed by atoms with Gasteiger partial charge in [-0.25, -0.2) is 0 Å². The molecule has 0 saturated carbocycles. The van der Waals surface area contributed by atoms with Crippen LogP contribution in [0.25, 0.3) is 10.2 Å². The minimum atomic E-state index is -4.35. The Morgan fingerprint density at radius 1 is 1.19 bits per heavy atom. The molecule has 26 heavy (non-hydrogen) atoms. The number of nitrogens with one attached hydrogen (secondary N) is 1. The van der Waals surface area contributed by atoms with Gasteiger partial charge in [0.05, 0.1) is 15.8 Å². The Balaban J connectivity index is 1.95. The van der Waals surface area contributed by atoms with Crippen molar-refractivity contribution in [1.82, 2.24) is 9.88 Å². The van der Waals surface area contributed by atoms with E-state index >= 15 is 0 Å². The lowest BCUT2D eigenvalue weighted by Crippen LogP contribution is -2.26. The SMILES string of the molecule is CCCNC(=O)c1cc2sc(C)cc2n1Cc1ccc(C(F)(F)F)cc1. The van der Waals surface area contributed by atoms with E-state index in [-0.39, 0.29) is 5.91 Å². The third kappa shape index (κ3) is 3.77. The topological polar surface area (TPSA) is 34.0 Å². The number of benzene rings is 1. The minimum absolute atomic E-state index is 0.167. The molecule has 0 spiro atoms. The molecule has 3 nitrogen and oxygen atoms in total. The van der Waals surface area contributed by atoms with Crippen LogP contribution in [0.3, 0.4) is 0 Å². The highest BCUT2D eigenvalue weighted by Gasteiger charge is 2.30. The number of alkyl halides is 3. The second kappa shape index (κ2) is 7.15. The van der Waals surface area contributed by atoms with Gasteiger partial charge in [0, 0.05) is 18.0 Å². The predicted octanol–water partition coefficient (Wildman–Crippen LogP) is 5.22. The first-order chi connectivity index (χ1) is 12.3. The van der Waals surface area contributed by atoms with E-state index in [9.17, 15) is 18.0 Å². The summed E-state index contributed by atoms with van der Waals surface area (Å²) < 4.78 is 41.1. The molecular formula is C19H19F3N2OS. The van der Waals surface area contributed by atoms with Gasteiger partial charge in [0.2, 0.25) is 0 Å². The molecule has 0 aliphatic carbocycles. The lowest BCUT2D eigenvalue weighted by atomic mass is 10.1. The summed E-state index contributed by atoms with van der Waals surface area (Å²) in [5.41, 5.74) is 1.49. The summed E-state index contributed by atoms with van der Waals surface area (Å²) in [7, 11) is 0. The summed E-state index contributed by atoms with van der Waals surface area (Å²) in [4.78, 5) is 13.6. The first kappa shape index (κ1) is 18.5. The first-order valence-electron chi connectivity index (χ1n) is 8.33. The second-order valence-electron chi connectivity index (χ2n) is 6.17. The molecule has 2 heterocycles. The lowest BCUT2D eigenvalue weighted by molar-refractivity contribution is -0.137. The highest BCUT2D eigenvalue weighted by Crippen LogP contribution is 2.31. The van der Waals surface area contributed by atoms with Crippen LogP contribution in [-0.2, 0) is 12.7 Å². The molecule has 0 bridgehead atoms. The number of aromatic nitrogens is 1. The van der Waals surface area contributed by atoms with E-state index in [1.54, 1.807) is 11.3 Å². The van der Waals surface area contributed by atoms with Gasteiger partial charge < -0.3 is 9.88 Å². The Hall–Kier alpha value is -2.28. The van der Waals surface area contributed by atoms with Crippen LogP contribution in [0.1, 0.15) is 39.8 Å². The Bertz CT molecular complexity index is 923. The molecule has 0 saturated heterocycles. The summed E-state index contributed by atoms with van der Waals surface area (Å²) in [6.07, 6.45) is -3.52. The Kier molecular flexibility index (Phi) is 5.09. The third-order valence-corrected chi connectivity index (χ3v) is 5.09. The van der Waals surface area contributed by atoms with E-state index in [0.29, 0.717) is 24.3 Å². The average Bonchev–Trinajstić information content (AvgIpc) is 3.09. The van der Waals surface area contributed by atoms with Crippen molar-refractivity contribution in [3.05, 3.63) is 58.1 Å². The highest BCUT2D eigenvalue weighted by molar-refractivity contribution is 7.19. The van der Waals surface area contributed by atoms with E-state index < -0.39 is 11.7 Å². The van der Waals surface area contributed by atoms with Gasteiger partial charge in [-0.15, -0.1) is 11.3 Å². The molecule has 0 radical (unpaired) electrons. The summed E-state index contributed by atoms with van der Waals surface area (Å²) >= 11 is 1.60. The molecular weight excluding hydrogens is 361 g/mol.